The van der Waals surface area contributed by atoms with Crippen LogP contribution in [0.2, 0.25) is 0 Å². The second-order valence-corrected chi connectivity index (χ2v) is 9.05. The molecule has 1 saturated carbocycles. The zero-order chi connectivity index (χ0) is 31.3. The Morgan fingerprint density at radius 1 is 0.902 bits per heavy atom. The largest absolute Gasteiger partial charge is 0.430 e. The molecule has 0 aromatic carbocycles. The SMILES string of the molecule is N[C@@H]1CCC(=O)OOC(=O)CC(N)(OC(=O)[C@H](N)CCC(=O)OC2(O)C(O)C(O)C(O)C(O)C2O)C(=O)OOC1=O. The maximum absolute atomic E-state index is 12.5. The van der Waals surface area contributed by atoms with Crippen LogP contribution >= 0.6 is 0 Å². The number of carbonyl (C=O) groups is 6. The average molecular weight is 599 g/mol. The van der Waals surface area contributed by atoms with Gasteiger partial charge in [-0.3, -0.25) is 15.3 Å². The van der Waals surface area contributed by atoms with E-state index in [0.29, 0.717) is 0 Å². The first-order valence-electron chi connectivity index (χ1n) is 11.6. The summed E-state index contributed by atoms with van der Waals surface area (Å²) in [5.74, 6) is -12.2. The lowest BCUT2D eigenvalue weighted by atomic mass is 9.82. The van der Waals surface area contributed by atoms with E-state index in [4.69, 9.17) is 21.9 Å². The summed E-state index contributed by atoms with van der Waals surface area (Å²) < 4.78 is 9.28. The van der Waals surface area contributed by atoms with Gasteiger partial charge in [-0.2, -0.15) is 0 Å². The molecule has 0 radical (unpaired) electrons. The highest BCUT2D eigenvalue weighted by Crippen LogP contribution is 2.32. The fourth-order valence-corrected chi connectivity index (χ4v) is 3.37. The van der Waals surface area contributed by atoms with Crippen LogP contribution in [0.3, 0.4) is 0 Å². The van der Waals surface area contributed by atoms with E-state index in [-0.39, 0.29) is 6.42 Å². The van der Waals surface area contributed by atoms with Gasteiger partial charge in [0.1, 0.15) is 36.8 Å². The number of hydrogen-bond donors (Lipinski definition) is 9. The van der Waals surface area contributed by atoms with Crippen LogP contribution in [0.25, 0.3) is 0 Å². The second kappa shape index (κ2) is 13.4. The van der Waals surface area contributed by atoms with Crippen LogP contribution in [0.4, 0.5) is 0 Å². The maximum atomic E-state index is 12.5. The monoisotopic (exact) mass is 599 g/mol. The molecular weight excluding hydrogens is 570 g/mol. The Bertz CT molecular complexity index is 1020. The van der Waals surface area contributed by atoms with Crippen LogP contribution in [-0.2, 0) is 57.8 Å². The molecule has 0 amide bonds. The number of rotatable bonds is 6. The normalized spacial score (nSPS) is 36.1. The van der Waals surface area contributed by atoms with Crippen molar-refractivity contribution in [2.45, 2.75) is 86.2 Å². The lowest BCUT2D eigenvalue weighted by Gasteiger charge is -2.46. The molecule has 5 unspecified atom stereocenters. The van der Waals surface area contributed by atoms with Gasteiger partial charge in [-0.25, -0.2) is 38.7 Å². The van der Waals surface area contributed by atoms with Gasteiger partial charge in [0.15, 0.2) is 12.2 Å². The molecule has 21 nitrogen and oxygen atoms in total. The van der Waals surface area contributed by atoms with Gasteiger partial charge in [0.2, 0.25) is 0 Å². The zero-order valence-electron chi connectivity index (χ0n) is 20.9. The van der Waals surface area contributed by atoms with Gasteiger partial charge in [0.25, 0.3) is 11.5 Å². The Morgan fingerprint density at radius 2 is 1.46 bits per heavy atom. The summed E-state index contributed by atoms with van der Waals surface area (Å²) in [5, 5.41) is 59.2. The minimum atomic E-state index is -3.29. The summed E-state index contributed by atoms with van der Waals surface area (Å²) >= 11 is 0. The van der Waals surface area contributed by atoms with Gasteiger partial charge in [0.05, 0.1) is 6.42 Å². The molecule has 2 fully saturated rings. The molecule has 2 rings (SSSR count). The summed E-state index contributed by atoms with van der Waals surface area (Å²) in [6, 6.07) is -3.33. The molecule has 41 heavy (non-hydrogen) atoms. The number of carbonyl (C=O) groups excluding carboxylic acids is 6. The Labute approximate surface area is 228 Å². The fraction of sp³-hybridized carbons (Fsp3) is 0.700. The predicted molar refractivity (Wildman–Crippen MR) is 117 cm³/mol. The van der Waals surface area contributed by atoms with Crippen LogP contribution in [0.15, 0.2) is 0 Å². The predicted octanol–water partition coefficient (Wildman–Crippen LogP) is -7.14. The van der Waals surface area contributed by atoms with Gasteiger partial charge in [-0.15, -0.1) is 0 Å². The van der Waals surface area contributed by atoms with Crippen molar-refractivity contribution in [3.8, 4) is 0 Å². The van der Waals surface area contributed by atoms with E-state index in [0.717, 1.165) is 0 Å². The molecule has 1 heterocycles. The standard InChI is InChI=1S/C20H29N3O18/c21-6(1-3-8(24)36-20(35)14(30)12(28)11(27)13(29)15(20)31)16(32)37-19(23)5-10(26)39-38-9(25)4-2-7(22)17(33)40-41-18(19)34/h6-7,11-15,27-31,35H,1-5,21-23H2/t6-,7-,11?,12?,13?,14?,15?,19?,20?/m1/s1. The number of ether oxygens (including phenoxy) is 2. The van der Waals surface area contributed by atoms with Crippen molar-refractivity contribution in [2.75, 3.05) is 0 Å². The van der Waals surface area contributed by atoms with Crippen molar-refractivity contribution in [1.29, 1.82) is 0 Å². The Morgan fingerprint density at radius 3 is 2.05 bits per heavy atom. The summed E-state index contributed by atoms with van der Waals surface area (Å²) in [4.78, 5) is 89.2. The van der Waals surface area contributed by atoms with Crippen molar-refractivity contribution in [1.82, 2.24) is 0 Å². The molecule has 1 aliphatic carbocycles. The first-order chi connectivity index (χ1) is 18.9. The summed E-state index contributed by atoms with van der Waals surface area (Å²) in [5.41, 5.74) is 13.6. The van der Waals surface area contributed by atoms with Crippen LogP contribution in [0.1, 0.15) is 32.1 Å². The van der Waals surface area contributed by atoms with E-state index in [1.807, 2.05) is 0 Å². The third kappa shape index (κ3) is 8.02. The van der Waals surface area contributed by atoms with Crippen molar-refractivity contribution in [3.05, 3.63) is 0 Å². The maximum Gasteiger partial charge on any atom is 0.414 e. The average Bonchev–Trinajstić information content (AvgIpc) is 2.92. The number of esters is 2. The third-order valence-electron chi connectivity index (χ3n) is 5.86. The van der Waals surface area contributed by atoms with E-state index < -0.39 is 116 Å². The highest BCUT2D eigenvalue weighted by atomic mass is 17.2. The summed E-state index contributed by atoms with van der Waals surface area (Å²) in [6.07, 6.45) is -15.4. The lowest BCUT2D eigenvalue weighted by molar-refractivity contribution is -0.347. The molecule has 12 N–H and O–H groups in total. The number of nitrogens with two attached hydrogens (primary N) is 3. The Balaban J connectivity index is 2.06. The molecule has 21 heteroatoms. The van der Waals surface area contributed by atoms with E-state index in [2.05, 4.69) is 24.3 Å². The van der Waals surface area contributed by atoms with Crippen LogP contribution in [0, 0.1) is 0 Å². The summed E-state index contributed by atoms with van der Waals surface area (Å²) in [6.45, 7) is 0. The lowest BCUT2D eigenvalue weighted by Crippen LogP contribution is -2.72. The highest BCUT2D eigenvalue weighted by Gasteiger charge is 2.60. The molecule has 0 bridgehead atoms. The number of aliphatic hydroxyl groups excluding tert-OH is 5. The van der Waals surface area contributed by atoms with E-state index in [1.54, 1.807) is 0 Å². The molecule has 0 aromatic rings. The van der Waals surface area contributed by atoms with Crippen LogP contribution in [-0.4, -0.2) is 121 Å². The number of hydrogen-bond acceptors (Lipinski definition) is 21. The molecule has 0 spiro atoms. The van der Waals surface area contributed by atoms with Crippen molar-refractivity contribution < 1.29 is 88.4 Å². The smallest absolute Gasteiger partial charge is 0.414 e. The van der Waals surface area contributed by atoms with Crippen molar-refractivity contribution >= 4 is 35.8 Å². The van der Waals surface area contributed by atoms with E-state index in [1.165, 1.54) is 0 Å². The zero-order valence-corrected chi connectivity index (χ0v) is 20.9. The minimum Gasteiger partial charge on any atom is -0.430 e. The van der Waals surface area contributed by atoms with E-state index in [9.17, 15) is 59.4 Å². The molecule has 1 saturated heterocycles. The quantitative estimate of drug-likeness (QED) is 0.0777. The first kappa shape index (κ1) is 33.7. The molecule has 0 aromatic heterocycles. The van der Waals surface area contributed by atoms with Crippen molar-refractivity contribution in [2.24, 2.45) is 17.2 Å². The molecule has 1 aliphatic heterocycles. The first-order valence-corrected chi connectivity index (χ1v) is 11.6. The Hall–Kier alpha value is -3.54. The van der Waals surface area contributed by atoms with Gasteiger partial charge in [-0.1, -0.05) is 0 Å². The van der Waals surface area contributed by atoms with Crippen LogP contribution in [0.5, 0.6) is 0 Å². The second-order valence-electron chi connectivity index (χ2n) is 9.05. The minimum absolute atomic E-state index is 0.370. The van der Waals surface area contributed by atoms with Gasteiger partial charge in [0, 0.05) is 6.42 Å². The third-order valence-corrected chi connectivity index (χ3v) is 5.86. The summed E-state index contributed by atoms with van der Waals surface area (Å²) in [7, 11) is 0. The Kier molecular flexibility index (Phi) is 11.0. The van der Waals surface area contributed by atoms with Gasteiger partial charge >= 0.3 is 35.8 Å². The van der Waals surface area contributed by atoms with E-state index >= 15 is 0 Å². The fourth-order valence-electron chi connectivity index (χ4n) is 3.37. The topological polar surface area (TPSA) is 357 Å². The van der Waals surface area contributed by atoms with Gasteiger partial charge in [-0.05, 0) is 12.8 Å². The molecule has 2 aliphatic rings. The van der Waals surface area contributed by atoms with Crippen LogP contribution < -0.4 is 17.2 Å². The number of aliphatic hydroxyl groups is 6. The molecule has 232 valence electrons. The molecular formula is C20H29N3O18. The molecule has 7 atom stereocenters. The van der Waals surface area contributed by atoms with Gasteiger partial charge < -0.3 is 51.6 Å². The highest BCUT2D eigenvalue weighted by molar-refractivity contribution is 5.89. The van der Waals surface area contributed by atoms with Crippen molar-refractivity contribution in [3.63, 3.8) is 0 Å².